The molecule has 0 radical (unpaired) electrons. The van der Waals surface area contributed by atoms with Crippen molar-refractivity contribution >= 4 is 11.9 Å². The van der Waals surface area contributed by atoms with Crippen LogP contribution in [0.4, 0.5) is 0 Å². The second-order valence-electron chi connectivity index (χ2n) is 7.84. The summed E-state index contributed by atoms with van der Waals surface area (Å²) in [6, 6.07) is 0. The third-order valence-electron chi connectivity index (χ3n) is 5.43. The summed E-state index contributed by atoms with van der Waals surface area (Å²) in [4.78, 5) is 24.3. The molecular formula is C19H26O6. The number of epoxide rings is 1. The second-order valence-corrected chi connectivity index (χ2v) is 7.84. The lowest BCUT2D eigenvalue weighted by Gasteiger charge is -2.29. The van der Waals surface area contributed by atoms with Gasteiger partial charge in [-0.1, -0.05) is 20.4 Å². The Morgan fingerprint density at radius 1 is 1.48 bits per heavy atom. The molecule has 25 heavy (non-hydrogen) atoms. The maximum atomic E-state index is 12.2. The van der Waals surface area contributed by atoms with Crippen molar-refractivity contribution < 1.29 is 28.9 Å². The van der Waals surface area contributed by atoms with E-state index < -0.39 is 35.8 Å². The lowest BCUT2D eigenvalue weighted by atomic mass is 9.82. The van der Waals surface area contributed by atoms with Gasteiger partial charge in [0.25, 0.3) is 0 Å². The van der Waals surface area contributed by atoms with Crippen molar-refractivity contribution in [2.45, 2.75) is 70.6 Å². The summed E-state index contributed by atoms with van der Waals surface area (Å²) in [5, 5.41) is 10.4. The quantitative estimate of drug-likeness (QED) is 0.354. The topological polar surface area (TPSA) is 85.4 Å². The maximum absolute atomic E-state index is 12.2. The summed E-state index contributed by atoms with van der Waals surface area (Å²) in [6.07, 6.45) is 0.727. The molecule has 3 aliphatic rings. The van der Waals surface area contributed by atoms with Crippen LogP contribution in [0.3, 0.4) is 0 Å². The molecule has 6 nitrogen and oxygen atoms in total. The Hall–Kier alpha value is -1.66. The van der Waals surface area contributed by atoms with Crippen LogP contribution in [0.2, 0.25) is 0 Å². The van der Waals surface area contributed by atoms with E-state index in [0.29, 0.717) is 24.0 Å². The number of rotatable bonds is 2. The van der Waals surface area contributed by atoms with Gasteiger partial charge in [0.05, 0.1) is 29.6 Å². The molecule has 0 aromatic heterocycles. The Labute approximate surface area is 147 Å². The smallest absolute Gasteiger partial charge is 0.334 e. The van der Waals surface area contributed by atoms with Crippen LogP contribution in [0.25, 0.3) is 0 Å². The first-order valence-electron chi connectivity index (χ1n) is 8.77. The van der Waals surface area contributed by atoms with Crippen molar-refractivity contribution in [2.75, 3.05) is 0 Å². The molecule has 0 aromatic carbocycles. The predicted octanol–water partition coefficient (Wildman–Crippen LogP) is 1.91. The lowest BCUT2D eigenvalue weighted by molar-refractivity contribution is -0.157. The van der Waals surface area contributed by atoms with Crippen molar-refractivity contribution in [2.24, 2.45) is 11.8 Å². The molecule has 0 spiro atoms. The Morgan fingerprint density at radius 3 is 2.80 bits per heavy atom. The summed E-state index contributed by atoms with van der Waals surface area (Å²) in [6.45, 7) is 11.1. The molecule has 1 N–H and O–H groups in total. The summed E-state index contributed by atoms with van der Waals surface area (Å²) in [5.74, 6) is -1.56. The van der Waals surface area contributed by atoms with Gasteiger partial charge in [-0.2, -0.15) is 0 Å². The minimum atomic E-state index is -0.658. The number of esters is 2. The van der Waals surface area contributed by atoms with Gasteiger partial charge in [-0.05, 0) is 25.5 Å². The SMILES string of the molecule is C=C1C(=O)OC2/C=C(/C)C(O)CC3OC3(C)CC(OC(=O)C(C)C)C12. The van der Waals surface area contributed by atoms with E-state index in [9.17, 15) is 14.7 Å². The van der Waals surface area contributed by atoms with E-state index >= 15 is 0 Å². The summed E-state index contributed by atoms with van der Waals surface area (Å²) in [5.41, 5.74) is 0.523. The molecule has 3 rings (SSSR count). The molecule has 0 amide bonds. The van der Waals surface area contributed by atoms with Crippen LogP contribution < -0.4 is 0 Å². The monoisotopic (exact) mass is 350 g/mol. The van der Waals surface area contributed by atoms with Gasteiger partial charge in [0.1, 0.15) is 12.2 Å². The number of hydrogen-bond acceptors (Lipinski definition) is 6. The van der Waals surface area contributed by atoms with Gasteiger partial charge in [-0.25, -0.2) is 4.79 Å². The van der Waals surface area contributed by atoms with Gasteiger partial charge >= 0.3 is 11.9 Å². The first kappa shape index (κ1) is 18.1. The van der Waals surface area contributed by atoms with E-state index in [-0.39, 0.29) is 18.0 Å². The predicted molar refractivity (Wildman–Crippen MR) is 89.5 cm³/mol. The van der Waals surface area contributed by atoms with Crippen LogP contribution in [0, 0.1) is 11.8 Å². The van der Waals surface area contributed by atoms with E-state index in [4.69, 9.17) is 14.2 Å². The second kappa shape index (κ2) is 6.25. The highest BCUT2D eigenvalue weighted by molar-refractivity contribution is 5.91. The largest absolute Gasteiger partial charge is 0.461 e. The fraction of sp³-hybridized carbons (Fsp3) is 0.684. The first-order valence-corrected chi connectivity index (χ1v) is 8.77. The molecule has 0 bridgehead atoms. The Bertz CT molecular complexity index is 636. The molecule has 2 saturated heterocycles. The minimum Gasteiger partial charge on any atom is -0.461 e. The van der Waals surface area contributed by atoms with Gasteiger partial charge in [0, 0.05) is 18.4 Å². The zero-order valence-electron chi connectivity index (χ0n) is 15.2. The highest BCUT2D eigenvalue weighted by Gasteiger charge is 2.57. The Morgan fingerprint density at radius 2 is 2.16 bits per heavy atom. The molecule has 0 saturated carbocycles. The molecule has 2 fully saturated rings. The number of carbonyl (C=O) groups is 2. The molecule has 6 heteroatoms. The number of fused-ring (bicyclic) bond motifs is 2. The summed E-state index contributed by atoms with van der Waals surface area (Å²) in [7, 11) is 0. The average Bonchev–Trinajstić information content (AvgIpc) is 3.04. The van der Waals surface area contributed by atoms with Crippen LogP contribution in [0.15, 0.2) is 23.8 Å². The molecule has 1 aliphatic carbocycles. The Kier molecular flexibility index (Phi) is 4.54. The maximum Gasteiger partial charge on any atom is 0.334 e. The number of carbonyl (C=O) groups excluding carboxylic acids is 2. The van der Waals surface area contributed by atoms with E-state index in [0.717, 1.165) is 0 Å². The van der Waals surface area contributed by atoms with Crippen molar-refractivity contribution in [3.63, 3.8) is 0 Å². The van der Waals surface area contributed by atoms with Gasteiger partial charge in [0.15, 0.2) is 0 Å². The van der Waals surface area contributed by atoms with Gasteiger partial charge in [0.2, 0.25) is 0 Å². The third-order valence-corrected chi connectivity index (χ3v) is 5.43. The van der Waals surface area contributed by atoms with Crippen molar-refractivity contribution in [3.8, 4) is 0 Å². The fourth-order valence-electron chi connectivity index (χ4n) is 3.63. The zero-order chi connectivity index (χ0) is 18.5. The highest BCUT2D eigenvalue weighted by atomic mass is 16.6. The van der Waals surface area contributed by atoms with Crippen LogP contribution in [0.5, 0.6) is 0 Å². The van der Waals surface area contributed by atoms with Crippen LogP contribution in [-0.2, 0) is 23.8 Å². The fourth-order valence-corrected chi connectivity index (χ4v) is 3.63. The molecule has 2 aliphatic heterocycles. The molecule has 6 atom stereocenters. The number of aliphatic hydroxyl groups is 1. The molecule has 0 aromatic rings. The Balaban J connectivity index is 1.97. The summed E-state index contributed by atoms with van der Waals surface area (Å²) >= 11 is 0. The number of ether oxygens (including phenoxy) is 3. The molecule has 2 heterocycles. The van der Waals surface area contributed by atoms with E-state index in [1.54, 1.807) is 26.8 Å². The number of aliphatic hydroxyl groups excluding tert-OH is 1. The van der Waals surface area contributed by atoms with E-state index in [2.05, 4.69) is 6.58 Å². The minimum absolute atomic E-state index is 0.103. The normalized spacial score (nSPS) is 42.8. The third kappa shape index (κ3) is 3.37. The van der Waals surface area contributed by atoms with Crippen LogP contribution >= 0.6 is 0 Å². The van der Waals surface area contributed by atoms with E-state index in [1.807, 2.05) is 6.92 Å². The van der Waals surface area contributed by atoms with Gasteiger partial charge < -0.3 is 19.3 Å². The first-order chi connectivity index (χ1) is 11.6. The van der Waals surface area contributed by atoms with Crippen molar-refractivity contribution in [1.82, 2.24) is 0 Å². The molecule has 138 valence electrons. The van der Waals surface area contributed by atoms with Crippen molar-refractivity contribution in [1.29, 1.82) is 0 Å². The zero-order valence-corrected chi connectivity index (χ0v) is 15.2. The van der Waals surface area contributed by atoms with E-state index in [1.165, 1.54) is 0 Å². The number of hydrogen-bond donors (Lipinski definition) is 1. The molecule has 6 unspecified atom stereocenters. The van der Waals surface area contributed by atoms with Gasteiger partial charge in [-0.15, -0.1) is 0 Å². The van der Waals surface area contributed by atoms with Crippen molar-refractivity contribution in [3.05, 3.63) is 23.8 Å². The van der Waals surface area contributed by atoms with Crippen LogP contribution in [-0.4, -0.2) is 47.1 Å². The highest BCUT2D eigenvalue weighted by Crippen LogP contribution is 2.47. The van der Waals surface area contributed by atoms with Gasteiger partial charge in [-0.3, -0.25) is 4.79 Å². The lowest BCUT2D eigenvalue weighted by Crippen LogP contribution is -2.38. The standard InChI is InChI=1S/C19H26O6/c1-9(2)17(21)24-14-8-19(5)15(25-19)7-12(20)10(3)6-13-16(14)11(4)18(22)23-13/h6,9,12-16,20H,4,7-8H2,1-3,5H3/b10-6-. The van der Waals surface area contributed by atoms with Crippen LogP contribution in [0.1, 0.15) is 40.5 Å². The molecular weight excluding hydrogens is 324 g/mol. The average molecular weight is 350 g/mol. The summed E-state index contributed by atoms with van der Waals surface area (Å²) < 4.78 is 17.0.